The van der Waals surface area contributed by atoms with E-state index in [0.717, 1.165) is 22.6 Å². The Hall–Kier alpha value is -1.55. The van der Waals surface area contributed by atoms with Gasteiger partial charge in [-0.15, -0.1) is 11.8 Å². The fraction of sp³-hybridized carbons (Fsp3) is 0.231. The van der Waals surface area contributed by atoms with Crippen molar-refractivity contribution in [1.82, 2.24) is 5.32 Å². The summed E-state index contributed by atoms with van der Waals surface area (Å²) in [4.78, 5) is 16.3. The van der Waals surface area contributed by atoms with Crippen LogP contribution in [0.2, 0.25) is 0 Å². The predicted molar refractivity (Wildman–Crippen MR) is 71.1 cm³/mol. The summed E-state index contributed by atoms with van der Waals surface area (Å²) in [5.41, 5.74) is 2.95. The van der Waals surface area contributed by atoms with Crippen molar-refractivity contribution in [3.8, 4) is 0 Å². The summed E-state index contributed by atoms with van der Waals surface area (Å²) in [5.74, 6) is 0.745. The van der Waals surface area contributed by atoms with Gasteiger partial charge in [-0.1, -0.05) is 18.2 Å². The zero-order chi connectivity index (χ0) is 11.9. The molecule has 1 aliphatic carbocycles. The maximum Gasteiger partial charge on any atom is 0.248 e. The smallest absolute Gasteiger partial charge is 0.248 e. The molecule has 86 valence electrons. The highest BCUT2D eigenvalue weighted by Crippen LogP contribution is 2.48. The number of carbonyl (C=O) groups excluding carboxylic acids is 1. The molecule has 3 nitrogen and oxygen atoms in total. The Balaban J connectivity index is 2.16. The van der Waals surface area contributed by atoms with Crippen molar-refractivity contribution in [1.29, 1.82) is 0 Å². The summed E-state index contributed by atoms with van der Waals surface area (Å²) in [6, 6.07) is 0. The molecule has 1 spiro atoms. The van der Waals surface area contributed by atoms with Crippen molar-refractivity contribution in [3.63, 3.8) is 0 Å². The number of hydrogen-bond acceptors (Lipinski definition) is 3. The van der Waals surface area contributed by atoms with Gasteiger partial charge in [0, 0.05) is 24.6 Å². The third kappa shape index (κ3) is 1.37. The molecule has 0 saturated carbocycles. The molecular weight excluding hydrogens is 232 g/mol. The lowest BCUT2D eigenvalue weighted by atomic mass is 9.85. The molecule has 0 aromatic carbocycles. The van der Waals surface area contributed by atoms with E-state index in [0.29, 0.717) is 0 Å². The summed E-state index contributed by atoms with van der Waals surface area (Å²) in [6.07, 6.45) is 11.9. The van der Waals surface area contributed by atoms with Crippen LogP contribution in [0.5, 0.6) is 0 Å². The number of rotatable bonds is 1. The second kappa shape index (κ2) is 3.74. The summed E-state index contributed by atoms with van der Waals surface area (Å²) in [7, 11) is 1.67. The lowest BCUT2D eigenvalue weighted by Crippen LogP contribution is -2.35. The lowest BCUT2D eigenvalue weighted by molar-refractivity contribution is -0.116. The Morgan fingerprint density at radius 2 is 2.35 bits per heavy atom. The number of hydrogen-bond donors (Lipinski definition) is 1. The fourth-order valence-electron chi connectivity index (χ4n) is 2.36. The number of thioether (sulfide) groups is 1. The molecule has 1 amide bonds. The first-order valence-corrected chi connectivity index (χ1v) is 6.47. The number of carbonyl (C=O) groups is 1. The minimum Gasteiger partial charge on any atom is -0.355 e. The van der Waals surface area contributed by atoms with E-state index in [4.69, 9.17) is 0 Å². The molecule has 1 atom stereocenters. The molecule has 1 N–H and O–H groups in total. The van der Waals surface area contributed by atoms with Crippen molar-refractivity contribution in [2.75, 3.05) is 12.8 Å². The van der Waals surface area contributed by atoms with Crippen LogP contribution in [0.4, 0.5) is 0 Å². The number of nitrogens with zero attached hydrogens (tertiary/aromatic N) is 1. The quantitative estimate of drug-likeness (QED) is 0.761. The van der Waals surface area contributed by atoms with Crippen LogP contribution in [0.1, 0.15) is 0 Å². The lowest BCUT2D eigenvalue weighted by Gasteiger charge is -2.31. The molecule has 1 unspecified atom stereocenters. The molecule has 0 bridgehead atoms. The van der Waals surface area contributed by atoms with Gasteiger partial charge in [0.2, 0.25) is 5.91 Å². The number of amides is 1. The van der Waals surface area contributed by atoms with Crippen LogP contribution < -0.4 is 5.32 Å². The van der Waals surface area contributed by atoms with Gasteiger partial charge < -0.3 is 5.32 Å². The molecule has 17 heavy (non-hydrogen) atoms. The molecule has 0 saturated heterocycles. The number of aliphatic imine (C=N–C) groups is 1. The molecule has 0 radical (unpaired) electrons. The van der Waals surface area contributed by atoms with Gasteiger partial charge in [-0.05, 0) is 17.7 Å². The standard InChI is InChI=1S/C13H12N2OS/c1-14-12(16)9-8-17-13-6-3-2-4-11(13)15-7-5-10(9)13/h2-7H,8H2,1H3,(H,14,16). The van der Waals surface area contributed by atoms with Gasteiger partial charge in [-0.3, -0.25) is 9.79 Å². The van der Waals surface area contributed by atoms with E-state index in [-0.39, 0.29) is 10.7 Å². The van der Waals surface area contributed by atoms with E-state index >= 15 is 0 Å². The van der Waals surface area contributed by atoms with E-state index in [1.54, 1.807) is 25.0 Å². The van der Waals surface area contributed by atoms with E-state index in [1.807, 2.05) is 24.3 Å². The Kier molecular flexibility index (Phi) is 2.33. The number of likely N-dealkylation sites (N-methyl/N-ethyl adjacent to an activating group) is 1. The minimum atomic E-state index is -0.231. The summed E-state index contributed by atoms with van der Waals surface area (Å²) in [5, 5.41) is 2.71. The summed E-state index contributed by atoms with van der Waals surface area (Å²) >= 11 is 1.75. The van der Waals surface area contributed by atoms with Gasteiger partial charge in [0.25, 0.3) is 0 Å². The molecule has 0 aromatic rings. The molecule has 2 aliphatic heterocycles. The monoisotopic (exact) mass is 244 g/mol. The van der Waals surface area contributed by atoms with Gasteiger partial charge >= 0.3 is 0 Å². The van der Waals surface area contributed by atoms with Crippen LogP contribution in [-0.4, -0.2) is 29.2 Å². The zero-order valence-corrected chi connectivity index (χ0v) is 10.3. The van der Waals surface area contributed by atoms with Gasteiger partial charge in [0.15, 0.2) is 0 Å². The molecule has 3 rings (SSSR count). The second-order valence-corrected chi connectivity index (χ2v) is 5.27. The van der Waals surface area contributed by atoms with Crippen LogP contribution in [-0.2, 0) is 4.79 Å². The van der Waals surface area contributed by atoms with E-state index in [1.165, 1.54) is 0 Å². The largest absolute Gasteiger partial charge is 0.355 e. The van der Waals surface area contributed by atoms with Crippen molar-refractivity contribution in [2.45, 2.75) is 4.75 Å². The van der Waals surface area contributed by atoms with E-state index in [2.05, 4.69) is 16.4 Å². The Bertz CT molecular complexity index is 540. The van der Waals surface area contributed by atoms with Crippen LogP contribution in [0.25, 0.3) is 0 Å². The Labute approximate surface area is 104 Å². The molecule has 4 heteroatoms. The Morgan fingerprint density at radius 3 is 3.18 bits per heavy atom. The van der Waals surface area contributed by atoms with Crippen molar-refractivity contribution in [2.24, 2.45) is 4.99 Å². The van der Waals surface area contributed by atoms with Crippen molar-refractivity contribution < 1.29 is 4.79 Å². The maximum atomic E-state index is 11.8. The molecule has 0 fully saturated rings. The molecular formula is C13H12N2OS. The van der Waals surface area contributed by atoms with Crippen LogP contribution in [0.3, 0.4) is 0 Å². The summed E-state index contributed by atoms with van der Waals surface area (Å²) < 4.78 is -0.231. The first kappa shape index (κ1) is 10.6. The highest BCUT2D eigenvalue weighted by Gasteiger charge is 2.45. The summed E-state index contributed by atoms with van der Waals surface area (Å²) in [6.45, 7) is 0. The Morgan fingerprint density at radius 1 is 1.47 bits per heavy atom. The SMILES string of the molecule is CNC(=O)C1=C2C=CN=C3C=CC=CC32SC1. The van der Waals surface area contributed by atoms with Crippen molar-refractivity contribution >= 4 is 23.4 Å². The third-order valence-corrected chi connectivity index (χ3v) is 4.66. The van der Waals surface area contributed by atoms with Gasteiger partial charge in [0.05, 0.1) is 5.71 Å². The van der Waals surface area contributed by atoms with Gasteiger partial charge in [0.1, 0.15) is 4.75 Å². The average Bonchev–Trinajstić information content (AvgIpc) is 2.75. The minimum absolute atomic E-state index is 0.0122. The van der Waals surface area contributed by atoms with Gasteiger partial charge in [-0.25, -0.2) is 0 Å². The highest BCUT2D eigenvalue weighted by molar-refractivity contribution is 8.02. The number of allylic oxidation sites excluding steroid dienone is 4. The van der Waals surface area contributed by atoms with Crippen LogP contribution >= 0.6 is 11.8 Å². The van der Waals surface area contributed by atoms with Gasteiger partial charge in [-0.2, -0.15) is 0 Å². The molecule has 3 aliphatic rings. The highest BCUT2D eigenvalue weighted by atomic mass is 32.2. The predicted octanol–water partition coefficient (Wildman–Crippen LogP) is 1.61. The average molecular weight is 244 g/mol. The van der Waals surface area contributed by atoms with E-state index < -0.39 is 0 Å². The topological polar surface area (TPSA) is 41.5 Å². The molecule has 0 aromatic heterocycles. The van der Waals surface area contributed by atoms with Crippen molar-refractivity contribution in [3.05, 3.63) is 47.7 Å². The normalized spacial score (nSPS) is 28.9. The van der Waals surface area contributed by atoms with Crippen LogP contribution in [0.15, 0.2) is 52.7 Å². The third-order valence-electron chi connectivity index (χ3n) is 3.20. The van der Waals surface area contributed by atoms with E-state index in [9.17, 15) is 4.79 Å². The second-order valence-electron chi connectivity index (χ2n) is 4.04. The first-order valence-electron chi connectivity index (χ1n) is 5.48. The first-order chi connectivity index (χ1) is 8.28. The molecule has 2 heterocycles. The maximum absolute atomic E-state index is 11.8. The zero-order valence-electron chi connectivity index (χ0n) is 9.43. The van der Waals surface area contributed by atoms with Crippen LogP contribution in [0, 0.1) is 0 Å². The fourth-order valence-corrected chi connectivity index (χ4v) is 3.81. The number of nitrogens with one attached hydrogen (secondary N) is 1.